The predicted molar refractivity (Wildman–Crippen MR) is 120 cm³/mol. The maximum absolute atomic E-state index is 12.4. The number of nitrogens with zero attached hydrogens (tertiary/aromatic N) is 1. The number of hydrogen-bond donors (Lipinski definition) is 0. The summed E-state index contributed by atoms with van der Waals surface area (Å²) in [5, 5.41) is 2.40. The van der Waals surface area contributed by atoms with Crippen LogP contribution in [0.1, 0.15) is 56.9 Å². The monoisotopic (exact) mass is 415 g/mol. The Morgan fingerprint density at radius 1 is 1.16 bits per heavy atom. The first-order valence-electron chi connectivity index (χ1n) is 11.6. The van der Waals surface area contributed by atoms with Crippen LogP contribution < -0.4 is 0 Å². The maximum atomic E-state index is 12.4. The summed E-state index contributed by atoms with van der Waals surface area (Å²) in [6.07, 6.45) is 11.7. The van der Waals surface area contributed by atoms with Crippen molar-refractivity contribution in [1.82, 2.24) is 4.98 Å². The van der Waals surface area contributed by atoms with Crippen LogP contribution in [0.3, 0.4) is 0 Å². The fourth-order valence-electron chi connectivity index (χ4n) is 6.83. The van der Waals surface area contributed by atoms with Crippen LogP contribution in [0.5, 0.6) is 0 Å². The number of aromatic nitrogens is 1. The van der Waals surface area contributed by atoms with Gasteiger partial charge in [-0.15, -0.1) is 0 Å². The van der Waals surface area contributed by atoms with Gasteiger partial charge in [-0.25, -0.2) is 0 Å². The van der Waals surface area contributed by atoms with Gasteiger partial charge in [0, 0.05) is 49.6 Å². The lowest BCUT2D eigenvalue weighted by Gasteiger charge is -2.47. The molecule has 0 bridgehead atoms. The van der Waals surface area contributed by atoms with Crippen molar-refractivity contribution in [2.45, 2.75) is 63.6 Å². The molecule has 0 saturated heterocycles. The molecule has 4 nitrogen and oxygen atoms in total. The molecule has 5 atom stereocenters. The minimum absolute atomic E-state index is 0.0770. The summed E-state index contributed by atoms with van der Waals surface area (Å²) < 4.78 is 12.7. The number of fused-ring (bicyclic) bond motifs is 4. The van der Waals surface area contributed by atoms with Gasteiger partial charge in [-0.1, -0.05) is 19.1 Å². The van der Waals surface area contributed by atoms with E-state index in [4.69, 9.17) is 9.47 Å². The van der Waals surface area contributed by atoms with Crippen molar-refractivity contribution in [1.29, 1.82) is 0 Å². The van der Waals surface area contributed by atoms with Gasteiger partial charge in [-0.2, -0.15) is 0 Å². The largest absolute Gasteiger partial charge is 0.489 e. The third kappa shape index (κ3) is 2.84. The lowest BCUT2D eigenvalue weighted by molar-refractivity contribution is -0.116. The van der Waals surface area contributed by atoms with E-state index in [1.807, 2.05) is 19.5 Å². The Morgan fingerprint density at radius 3 is 2.94 bits per heavy atom. The Bertz CT molecular complexity index is 1130. The molecule has 4 heteroatoms. The fourth-order valence-corrected chi connectivity index (χ4v) is 6.83. The quantitative estimate of drug-likeness (QED) is 0.651. The van der Waals surface area contributed by atoms with Crippen molar-refractivity contribution in [3.8, 4) is 0 Å². The smallest absolute Gasteiger partial charge is 0.166 e. The molecule has 31 heavy (non-hydrogen) atoms. The predicted octanol–water partition coefficient (Wildman–Crippen LogP) is 5.49. The van der Waals surface area contributed by atoms with Gasteiger partial charge in [0.05, 0.1) is 11.7 Å². The highest BCUT2D eigenvalue weighted by Gasteiger charge is 2.59. The summed E-state index contributed by atoms with van der Waals surface area (Å²) in [4.78, 5) is 16.8. The van der Waals surface area contributed by atoms with E-state index in [0.717, 1.165) is 43.4 Å². The molecule has 2 saturated carbocycles. The second kappa shape index (κ2) is 7.03. The number of Topliss-reactive ketones (excluding diaryl/α,β-unsaturated/α-hetero) is 1. The van der Waals surface area contributed by atoms with Crippen molar-refractivity contribution in [3.63, 3.8) is 0 Å². The first-order chi connectivity index (χ1) is 15.1. The molecule has 0 spiro atoms. The van der Waals surface area contributed by atoms with Crippen LogP contribution in [-0.4, -0.2) is 30.1 Å². The van der Waals surface area contributed by atoms with Gasteiger partial charge in [-0.3, -0.25) is 9.78 Å². The number of rotatable bonds is 2. The summed E-state index contributed by atoms with van der Waals surface area (Å²) in [5.41, 5.74) is 3.60. The zero-order chi connectivity index (χ0) is 21.2. The first kappa shape index (κ1) is 19.2. The number of pyridine rings is 1. The maximum Gasteiger partial charge on any atom is 0.166 e. The number of ether oxygens (including phenoxy) is 2. The van der Waals surface area contributed by atoms with Gasteiger partial charge in [-0.05, 0) is 65.8 Å². The van der Waals surface area contributed by atoms with Crippen LogP contribution in [0.15, 0.2) is 59.6 Å². The Kier molecular flexibility index (Phi) is 4.36. The standard InChI is InChI=1S/C27H29NO3/c1-27-10-8-18-13-20-22(29)4-3-5-23(20)31-26(18)21(27)14-24(30-2)25(27)17-7-6-16-9-11-28-15-19(16)12-17/h6-7,9,11-13,15,21,24-26H,3-5,8,10,14H2,1-2H3/t21-,24+,25-,26+,27-/m0/s1. The first-order valence-corrected chi connectivity index (χ1v) is 11.6. The van der Waals surface area contributed by atoms with E-state index in [1.54, 1.807) is 0 Å². The van der Waals surface area contributed by atoms with Crippen molar-refractivity contribution >= 4 is 16.6 Å². The molecule has 0 unspecified atom stereocenters. The third-order valence-corrected chi connectivity index (χ3v) is 8.43. The molecular formula is C27H29NO3. The SMILES string of the molecule is CO[C@@H]1C[C@H]2[C@@H]3OC4=C(C=C3CC[C@]2(C)[C@H]1c1ccc2ccncc2c1)C(=O)CCC4. The molecule has 2 aromatic rings. The normalized spacial score (nSPS) is 34.6. The topological polar surface area (TPSA) is 48.4 Å². The van der Waals surface area contributed by atoms with E-state index in [2.05, 4.69) is 42.2 Å². The molecule has 0 radical (unpaired) electrons. The molecule has 0 amide bonds. The second-order valence-corrected chi connectivity index (χ2v) is 9.95. The van der Waals surface area contributed by atoms with Gasteiger partial charge in [0.2, 0.25) is 0 Å². The summed E-state index contributed by atoms with van der Waals surface area (Å²) >= 11 is 0. The molecule has 3 aliphatic carbocycles. The van der Waals surface area contributed by atoms with Crippen molar-refractivity contribution in [2.75, 3.05) is 7.11 Å². The lowest BCUT2D eigenvalue weighted by atomic mass is 9.61. The highest BCUT2D eigenvalue weighted by Crippen LogP contribution is 2.62. The van der Waals surface area contributed by atoms with Gasteiger partial charge in [0.1, 0.15) is 11.9 Å². The Hall–Kier alpha value is -2.46. The molecule has 6 rings (SSSR count). The van der Waals surface area contributed by atoms with Gasteiger partial charge < -0.3 is 9.47 Å². The number of methoxy groups -OCH3 is 1. The average molecular weight is 416 g/mol. The number of carbonyl (C=O) groups excluding carboxylic acids is 1. The van der Waals surface area contributed by atoms with Crippen LogP contribution in [0.2, 0.25) is 0 Å². The number of benzene rings is 1. The molecule has 1 aliphatic heterocycles. The second-order valence-electron chi connectivity index (χ2n) is 9.95. The van der Waals surface area contributed by atoms with E-state index in [-0.39, 0.29) is 23.4 Å². The molecule has 1 aromatic carbocycles. The van der Waals surface area contributed by atoms with Gasteiger partial charge >= 0.3 is 0 Å². The molecular weight excluding hydrogens is 386 g/mol. The molecule has 2 fully saturated rings. The minimum Gasteiger partial charge on any atom is -0.489 e. The van der Waals surface area contributed by atoms with Crippen LogP contribution in [0, 0.1) is 11.3 Å². The summed E-state index contributed by atoms with van der Waals surface area (Å²) in [6, 6.07) is 8.86. The molecule has 2 heterocycles. The molecule has 1 aromatic heterocycles. The van der Waals surface area contributed by atoms with E-state index < -0.39 is 0 Å². The summed E-state index contributed by atoms with van der Waals surface area (Å²) in [6.45, 7) is 2.44. The molecule has 4 aliphatic rings. The number of carbonyl (C=O) groups is 1. The third-order valence-electron chi connectivity index (χ3n) is 8.43. The highest BCUT2D eigenvalue weighted by atomic mass is 16.5. The van der Waals surface area contributed by atoms with Gasteiger partial charge in [0.25, 0.3) is 0 Å². The van der Waals surface area contributed by atoms with E-state index in [1.165, 1.54) is 21.9 Å². The van der Waals surface area contributed by atoms with Crippen molar-refractivity contribution in [3.05, 3.63) is 65.2 Å². The van der Waals surface area contributed by atoms with E-state index >= 15 is 0 Å². The average Bonchev–Trinajstić information content (AvgIpc) is 3.11. The zero-order valence-corrected chi connectivity index (χ0v) is 18.3. The van der Waals surface area contributed by atoms with Crippen LogP contribution in [-0.2, 0) is 14.3 Å². The number of allylic oxidation sites excluding steroid dienone is 3. The summed E-state index contributed by atoms with van der Waals surface area (Å²) in [7, 11) is 1.85. The van der Waals surface area contributed by atoms with Crippen LogP contribution in [0.4, 0.5) is 0 Å². The Morgan fingerprint density at radius 2 is 2.06 bits per heavy atom. The number of hydrogen-bond acceptors (Lipinski definition) is 4. The zero-order valence-electron chi connectivity index (χ0n) is 18.3. The molecule has 0 N–H and O–H groups in total. The number of ketones is 1. The van der Waals surface area contributed by atoms with Crippen molar-refractivity contribution in [2.24, 2.45) is 11.3 Å². The van der Waals surface area contributed by atoms with Gasteiger partial charge in [0.15, 0.2) is 5.78 Å². The van der Waals surface area contributed by atoms with Crippen molar-refractivity contribution < 1.29 is 14.3 Å². The highest BCUT2D eigenvalue weighted by molar-refractivity contribution is 5.99. The Labute approximate surface area is 183 Å². The molecule has 160 valence electrons. The van der Waals surface area contributed by atoms with E-state index in [0.29, 0.717) is 18.3 Å². The van der Waals surface area contributed by atoms with E-state index in [9.17, 15) is 4.79 Å². The fraction of sp³-hybridized carbons (Fsp3) is 0.481. The lowest BCUT2D eigenvalue weighted by Crippen LogP contribution is -2.43. The summed E-state index contributed by atoms with van der Waals surface area (Å²) in [5.74, 6) is 1.89. The van der Waals surface area contributed by atoms with Crippen LogP contribution in [0.25, 0.3) is 10.8 Å². The Balaban J connectivity index is 1.39. The van der Waals surface area contributed by atoms with Crippen LogP contribution >= 0.6 is 0 Å². The minimum atomic E-state index is 0.0770.